The minimum absolute atomic E-state index is 0.241. The molecule has 1 aliphatic heterocycles. The summed E-state index contributed by atoms with van der Waals surface area (Å²) in [6.07, 6.45) is -1.04. The molecular weight excluding hydrogens is 443 g/mol. The van der Waals surface area contributed by atoms with E-state index in [0.717, 1.165) is 52.7 Å². The first-order valence-corrected chi connectivity index (χ1v) is 10.6. The zero-order chi connectivity index (χ0) is 23.5. The van der Waals surface area contributed by atoms with Gasteiger partial charge in [0.05, 0.1) is 29.0 Å². The third-order valence-corrected chi connectivity index (χ3v) is 5.52. The minimum Gasteiger partial charge on any atom is -0.341 e. The van der Waals surface area contributed by atoms with Crippen LogP contribution in [0.3, 0.4) is 0 Å². The number of anilines is 1. The fraction of sp³-hybridized carbons (Fsp3) is 0.409. The second kappa shape index (κ2) is 9.87. The van der Waals surface area contributed by atoms with E-state index in [4.69, 9.17) is 16.6 Å². The molecule has 4 rings (SSSR count). The average molecular weight is 468 g/mol. The number of fused-ring (bicyclic) bond motifs is 1. The van der Waals surface area contributed by atoms with Crippen LogP contribution in [0.2, 0.25) is 5.02 Å². The van der Waals surface area contributed by atoms with Crippen molar-refractivity contribution in [2.24, 2.45) is 5.92 Å². The predicted octanol–water partition coefficient (Wildman–Crippen LogP) is 5.68. The van der Waals surface area contributed by atoms with Gasteiger partial charge in [0.1, 0.15) is 11.5 Å². The van der Waals surface area contributed by atoms with Gasteiger partial charge < -0.3 is 10.3 Å². The number of nitrogens with one attached hydrogen (secondary N) is 2. The monoisotopic (exact) mass is 467 g/mol. The average Bonchev–Trinajstić information content (AvgIpc) is 3.12. The highest BCUT2D eigenvalue weighted by atomic mass is 35.5. The molecule has 0 bridgehead atoms. The van der Waals surface area contributed by atoms with Gasteiger partial charge in [0.2, 0.25) is 5.91 Å². The number of halogens is 4. The summed E-state index contributed by atoms with van der Waals surface area (Å²) in [6.45, 7) is 4.72. The van der Waals surface area contributed by atoms with Crippen molar-refractivity contribution < 1.29 is 18.0 Å². The summed E-state index contributed by atoms with van der Waals surface area (Å²) < 4.78 is 36.1. The van der Waals surface area contributed by atoms with Gasteiger partial charge in [-0.15, -0.1) is 0 Å². The Morgan fingerprint density at radius 1 is 1.28 bits per heavy atom. The number of likely N-dealkylation sites (tertiary alicyclic amines) is 1. The maximum absolute atomic E-state index is 12.0. The molecule has 2 N–H and O–H groups in total. The summed E-state index contributed by atoms with van der Waals surface area (Å²) in [5, 5.41) is 3.07. The Kier molecular flexibility index (Phi) is 7.40. The Balaban J connectivity index is 0.000000188. The van der Waals surface area contributed by atoms with Gasteiger partial charge in [0, 0.05) is 11.9 Å². The highest BCUT2D eigenvalue weighted by Gasteiger charge is 2.32. The van der Waals surface area contributed by atoms with Crippen LogP contribution in [0.5, 0.6) is 0 Å². The van der Waals surface area contributed by atoms with Crippen molar-refractivity contribution >= 4 is 34.2 Å². The van der Waals surface area contributed by atoms with Crippen molar-refractivity contribution in [1.82, 2.24) is 19.9 Å². The molecule has 3 heterocycles. The number of piperidine rings is 1. The lowest BCUT2D eigenvalue weighted by molar-refractivity contribution is -0.141. The van der Waals surface area contributed by atoms with Crippen molar-refractivity contribution in [3.63, 3.8) is 0 Å². The first-order valence-electron chi connectivity index (χ1n) is 10.2. The van der Waals surface area contributed by atoms with Crippen LogP contribution in [0.15, 0.2) is 36.5 Å². The third-order valence-electron chi connectivity index (χ3n) is 5.28. The smallest absolute Gasteiger partial charge is 0.341 e. The molecule has 32 heavy (non-hydrogen) atoms. The van der Waals surface area contributed by atoms with E-state index >= 15 is 0 Å². The summed E-state index contributed by atoms with van der Waals surface area (Å²) in [6, 6.07) is 8.17. The van der Waals surface area contributed by atoms with Gasteiger partial charge in [-0.2, -0.15) is 13.2 Å². The number of aromatic nitrogens is 3. The standard InChI is InChI=1S/C14H18ClN3.C8H7F3N2O/c1-9-5-6-18(2)13(7-9)14-16-11-4-3-10(15)8-12(11)17-14;1-5(14)13-6-2-3-7(12-4-6)8(9,10)11/h3-4,8-9,13H,5-7H2,1-2H3,(H,16,17);2-4H,1H3,(H,13,14)/t9?,13-;/m1./s1. The van der Waals surface area contributed by atoms with Crippen molar-refractivity contribution in [1.29, 1.82) is 0 Å². The van der Waals surface area contributed by atoms with Gasteiger partial charge in [0.25, 0.3) is 0 Å². The number of imidazole rings is 1. The van der Waals surface area contributed by atoms with Crippen molar-refractivity contribution in [2.75, 3.05) is 18.9 Å². The highest BCUT2D eigenvalue weighted by Crippen LogP contribution is 2.32. The van der Waals surface area contributed by atoms with E-state index in [-0.39, 0.29) is 11.6 Å². The normalized spacial score (nSPS) is 19.3. The van der Waals surface area contributed by atoms with E-state index < -0.39 is 11.9 Å². The van der Waals surface area contributed by atoms with E-state index in [0.29, 0.717) is 6.04 Å². The molecule has 6 nitrogen and oxygen atoms in total. The van der Waals surface area contributed by atoms with Crippen LogP contribution in [-0.2, 0) is 11.0 Å². The van der Waals surface area contributed by atoms with Crippen molar-refractivity contribution in [3.8, 4) is 0 Å². The van der Waals surface area contributed by atoms with E-state index in [9.17, 15) is 18.0 Å². The van der Waals surface area contributed by atoms with Gasteiger partial charge in [-0.3, -0.25) is 9.69 Å². The lowest BCUT2D eigenvalue weighted by atomic mass is 9.92. The maximum atomic E-state index is 12.0. The fourth-order valence-corrected chi connectivity index (χ4v) is 3.75. The summed E-state index contributed by atoms with van der Waals surface area (Å²) in [7, 11) is 2.18. The Morgan fingerprint density at radius 3 is 2.66 bits per heavy atom. The van der Waals surface area contributed by atoms with Crippen LogP contribution in [0, 0.1) is 5.92 Å². The number of nitrogens with zero attached hydrogens (tertiary/aromatic N) is 3. The molecule has 0 spiro atoms. The lowest BCUT2D eigenvalue weighted by Gasteiger charge is -2.34. The largest absolute Gasteiger partial charge is 0.433 e. The SMILES string of the molecule is CC(=O)Nc1ccc(C(F)(F)F)nc1.CC1CCN(C)[C@@H](c2nc3ccc(Cl)cc3[nH]2)C1. The summed E-state index contributed by atoms with van der Waals surface area (Å²) in [5.41, 5.74) is 1.29. The number of amides is 1. The van der Waals surface area contributed by atoms with Gasteiger partial charge in [-0.1, -0.05) is 18.5 Å². The number of aromatic amines is 1. The van der Waals surface area contributed by atoms with Crippen LogP contribution >= 0.6 is 11.6 Å². The Hall–Kier alpha value is -2.65. The fourth-order valence-electron chi connectivity index (χ4n) is 3.58. The second-order valence-electron chi connectivity index (χ2n) is 8.02. The molecule has 2 atom stereocenters. The number of carbonyl (C=O) groups excluding carboxylic acids is 1. The third kappa shape index (κ3) is 6.20. The predicted molar refractivity (Wildman–Crippen MR) is 118 cm³/mol. The Labute approximate surface area is 189 Å². The van der Waals surface area contributed by atoms with Gasteiger partial charge in [-0.05, 0) is 62.7 Å². The van der Waals surface area contributed by atoms with E-state index in [2.05, 4.69) is 34.2 Å². The molecular formula is C22H25ClF3N5O. The van der Waals surface area contributed by atoms with Crippen LogP contribution in [-0.4, -0.2) is 39.4 Å². The molecule has 2 aromatic heterocycles. The molecule has 1 amide bonds. The molecule has 1 aromatic carbocycles. The number of benzene rings is 1. The van der Waals surface area contributed by atoms with E-state index in [1.54, 1.807) is 0 Å². The highest BCUT2D eigenvalue weighted by molar-refractivity contribution is 6.31. The van der Waals surface area contributed by atoms with Gasteiger partial charge in [-0.25, -0.2) is 9.97 Å². The summed E-state index contributed by atoms with van der Waals surface area (Å²) >= 11 is 6.01. The molecule has 0 radical (unpaired) electrons. The topological polar surface area (TPSA) is 73.9 Å². The lowest BCUT2D eigenvalue weighted by Crippen LogP contribution is -2.33. The molecule has 1 aliphatic rings. The van der Waals surface area contributed by atoms with Crippen LogP contribution in [0.25, 0.3) is 11.0 Å². The van der Waals surface area contributed by atoms with Crippen LogP contribution in [0.1, 0.15) is 44.2 Å². The molecule has 0 saturated carbocycles. The van der Waals surface area contributed by atoms with Gasteiger partial charge in [0.15, 0.2) is 0 Å². The molecule has 0 aliphatic carbocycles. The van der Waals surface area contributed by atoms with E-state index in [1.165, 1.54) is 19.8 Å². The number of hydrogen-bond donors (Lipinski definition) is 2. The number of hydrogen-bond acceptors (Lipinski definition) is 4. The van der Waals surface area contributed by atoms with Crippen molar-refractivity contribution in [3.05, 3.63) is 53.1 Å². The first-order chi connectivity index (χ1) is 15.0. The van der Waals surface area contributed by atoms with Crippen LogP contribution < -0.4 is 5.32 Å². The van der Waals surface area contributed by atoms with Crippen molar-refractivity contribution in [2.45, 2.75) is 38.9 Å². The van der Waals surface area contributed by atoms with Gasteiger partial charge >= 0.3 is 6.18 Å². The maximum Gasteiger partial charge on any atom is 0.433 e. The first kappa shape index (κ1) is 24.0. The minimum atomic E-state index is -4.45. The Morgan fingerprint density at radius 2 is 2.03 bits per heavy atom. The number of alkyl halides is 3. The molecule has 3 aromatic rings. The molecule has 10 heteroatoms. The molecule has 172 valence electrons. The zero-order valence-corrected chi connectivity index (χ0v) is 18.8. The molecule has 1 fully saturated rings. The quantitative estimate of drug-likeness (QED) is 0.508. The second-order valence-corrected chi connectivity index (χ2v) is 8.46. The Bertz CT molecular complexity index is 1070. The number of pyridine rings is 1. The number of carbonyl (C=O) groups is 1. The summed E-state index contributed by atoms with van der Waals surface area (Å²) in [5.74, 6) is 1.48. The van der Waals surface area contributed by atoms with E-state index in [1.807, 2.05) is 18.2 Å². The van der Waals surface area contributed by atoms with Crippen LogP contribution in [0.4, 0.5) is 18.9 Å². The summed E-state index contributed by atoms with van der Waals surface area (Å²) in [4.78, 5) is 24.2. The molecule has 1 unspecified atom stereocenters. The zero-order valence-electron chi connectivity index (χ0n) is 18.0. The molecule has 1 saturated heterocycles. The number of rotatable bonds is 2. The number of H-pyrrole nitrogens is 1.